The van der Waals surface area contributed by atoms with E-state index in [4.69, 9.17) is 0 Å². The lowest BCUT2D eigenvalue weighted by Gasteiger charge is -1.99. The van der Waals surface area contributed by atoms with Crippen LogP contribution in [0.2, 0.25) is 0 Å². The molecule has 0 radical (unpaired) electrons. The summed E-state index contributed by atoms with van der Waals surface area (Å²) in [4.78, 5) is 7.15. The smallest absolute Gasteiger partial charge is 0.0789 e. The number of thiocarbonyl (C=S) groups is 1. The third kappa shape index (κ3) is 1.28. The van der Waals surface area contributed by atoms with Gasteiger partial charge in [0.15, 0.2) is 0 Å². The lowest BCUT2D eigenvalue weighted by atomic mass is 10.1. The van der Waals surface area contributed by atoms with Crippen LogP contribution in [-0.4, -0.2) is 10.1 Å². The number of fused-ring (bicyclic) bond motifs is 1. The molecule has 2 rings (SSSR count). The van der Waals surface area contributed by atoms with Crippen molar-refractivity contribution in [3.63, 3.8) is 0 Å². The average molecular weight is 188 g/mol. The molecule has 2 nitrogen and oxygen atoms in total. The zero-order valence-corrected chi connectivity index (χ0v) is 7.98. The third-order valence-corrected chi connectivity index (χ3v) is 2.22. The van der Waals surface area contributed by atoms with Gasteiger partial charge in [0.05, 0.1) is 16.4 Å². The van der Waals surface area contributed by atoms with Gasteiger partial charge in [0.1, 0.15) is 0 Å². The van der Waals surface area contributed by atoms with E-state index in [1.165, 1.54) is 5.39 Å². The first-order chi connectivity index (χ1) is 6.33. The van der Waals surface area contributed by atoms with E-state index in [-0.39, 0.29) is 0 Å². The summed E-state index contributed by atoms with van der Waals surface area (Å²) < 4.78 is 0. The second-order valence-electron chi connectivity index (χ2n) is 2.85. The summed E-state index contributed by atoms with van der Waals surface area (Å²) in [6.45, 7) is 2.02. The van der Waals surface area contributed by atoms with Gasteiger partial charge in [-0.25, -0.2) is 0 Å². The Morgan fingerprint density at radius 2 is 2.23 bits per heavy atom. The van der Waals surface area contributed by atoms with Gasteiger partial charge in [-0.15, -0.1) is 0 Å². The van der Waals surface area contributed by atoms with Crippen molar-refractivity contribution in [1.29, 1.82) is 0 Å². The molecule has 1 aromatic heterocycles. The van der Waals surface area contributed by atoms with Gasteiger partial charge in [0, 0.05) is 6.20 Å². The Morgan fingerprint density at radius 1 is 1.38 bits per heavy atom. The predicted octanol–water partition coefficient (Wildman–Crippen LogP) is 3.21. The number of benzene rings is 1. The van der Waals surface area contributed by atoms with E-state index in [0.717, 1.165) is 16.8 Å². The van der Waals surface area contributed by atoms with Crippen LogP contribution in [0.3, 0.4) is 0 Å². The summed E-state index contributed by atoms with van der Waals surface area (Å²) >= 11 is 4.57. The highest BCUT2D eigenvalue weighted by molar-refractivity contribution is 7.78. The van der Waals surface area contributed by atoms with Gasteiger partial charge >= 0.3 is 0 Å². The number of hydrogen-bond donors (Lipinski definition) is 1. The van der Waals surface area contributed by atoms with Gasteiger partial charge in [-0.2, -0.15) is 4.99 Å². The van der Waals surface area contributed by atoms with E-state index < -0.39 is 0 Å². The fraction of sp³-hybridized carbons (Fsp3) is 0.100. The molecule has 1 N–H and O–H groups in total. The van der Waals surface area contributed by atoms with E-state index in [2.05, 4.69) is 27.4 Å². The molecule has 3 heteroatoms. The van der Waals surface area contributed by atoms with Gasteiger partial charge in [0.25, 0.3) is 0 Å². The molecule has 1 aromatic carbocycles. The Hall–Kier alpha value is -1.44. The first-order valence-corrected chi connectivity index (χ1v) is 4.38. The topological polar surface area (TPSA) is 28.1 Å². The number of nitrogens with zero attached hydrogens (tertiary/aromatic N) is 1. The molecule has 0 bridgehead atoms. The minimum absolute atomic E-state index is 0.880. The average Bonchev–Trinajstić information content (AvgIpc) is 2.58. The monoisotopic (exact) mass is 188 g/mol. The second-order valence-corrected chi connectivity index (χ2v) is 3.04. The van der Waals surface area contributed by atoms with Crippen LogP contribution >= 0.6 is 12.2 Å². The van der Waals surface area contributed by atoms with Gasteiger partial charge in [0.2, 0.25) is 0 Å². The molecule has 64 valence electrons. The Bertz CT molecular complexity index is 493. The number of nitrogens with one attached hydrogen (secondary N) is 1. The number of aliphatic imine (C=N–C) groups is 1. The van der Waals surface area contributed by atoms with Crippen molar-refractivity contribution in [2.75, 3.05) is 0 Å². The molecule has 0 aliphatic rings. The molecule has 0 unspecified atom stereocenters. The minimum Gasteiger partial charge on any atom is -0.361 e. The quantitative estimate of drug-likeness (QED) is 0.540. The summed E-state index contributed by atoms with van der Waals surface area (Å²) in [6.07, 6.45) is 1.92. The van der Waals surface area contributed by atoms with E-state index in [1.807, 2.05) is 31.3 Å². The van der Waals surface area contributed by atoms with Crippen LogP contribution in [0, 0.1) is 6.92 Å². The van der Waals surface area contributed by atoms with Crippen LogP contribution in [0.15, 0.2) is 29.4 Å². The lowest BCUT2D eigenvalue weighted by molar-refractivity contribution is 1.39. The largest absolute Gasteiger partial charge is 0.361 e. The van der Waals surface area contributed by atoms with Crippen LogP contribution in [-0.2, 0) is 0 Å². The summed E-state index contributed by atoms with van der Waals surface area (Å²) in [5.74, 6) is 0. The lowest BCUT2D eigenvalue weighted by Crippen LogP contribution is -1.77. The number of aromatic nitrogens is 1. The van der Waals surface area contributed by atoms with Crippen LogP contribution < -0.4 is 0 Å². The van der Waals surface area contributed by atoms with E-state index in [1.54, 1.807) is 0 Å². The molecule has 0 atom stereocenters. The van der Waals surface area contributed by atoms with Crippen molar-refractivity contribution in [2.24, 2.45) is 4.99 Å². The highest BCUT2D eigenvalue weighted by Gasteiger charge is 2.01. The van der Waals surface area contributed by atoms with Crippen LogP contribution in [0.4, 0.5) is 5.69 Å². The number of aromatic amines is 1. The first kappa shape index (κ1) is 8.17. The van der Waals surface area contributed by atoms with E-state index in [9.17, 15) is 0 Å². The Morgan fingerprint density at radius 3 is 3.00 bits per heavy atom. The van der Waals surface area contributed by atoms with Gasteiger partial charge < -0.3 is 4.98 Å². The van der Waals surface area contributed by atoms with Gasteiger partial charge in [-0.05, 0) is 42.2 Å². The zero-order valence-electron chi connectivity index (χ0n) is 7.16. The number of aryl methyl sites for hydroxylation is 1. The maximum absolute atomic E-state index is 4.57. The van der Waals surface area contributed by atoms with Gasteiger partial charge in [-0.3, -0.25) is 0 Å². The van der Waals surface area contributed by atoms with Crippen molar-refractivity contribution >= 4 is 34.0 Å². The summed E-state index contributed by atoms with van der Waals surface area (Å²) in [5, 5.41) is 3.57. The molecule has 0 saturated heterocycles. The highest BCUT2D eigenvalue weighted by Crippen LogP contribution is 2.25. The van der Waals surface area contributed by atoms with E-state index in [0.29, 0.717) is 0 Å². The number of rotatable bonds is 1. The van der Waals surface area contributed by atoms with Crippen molar-refractivity contribution < 1.29 is 0 Å². The molecule has 1 heterocycles. The number of H-pyrrole nitrogens is 1. The molecule has 0 amide bonds. The number of isothiocyanates is 1. The molecule has 0 saturated carbocycles. The van der Waals surface area contributed by atoms with Crippen molar-refractivity contribution in [2.45, 2.75) is 6.92 Å². The van der Waals surface area contributed by atoms with Crippen molar-refractivity contribution in [3.8, 4) is 0 Å². The maximum atomic E-state index is 4.57. The first-order valence-electron chi connectivity index (χ1n) is 3.97. The van der Waals surface area contributed by atoms with Crippen LogP contribution in [0.25, 0.3) is 10.9 Å². The fourth-order valence-corrected chi connectivity index (χ4v) is 1.54. The van der Waals surface area contributed by atoms with Gasteiger partial charge in [-0.1, -0.05) is 6.07 Å². The number of hydrogen-bond acceptors (Lipinski definition) is 2. The summed E-state index contributed by atoms with van der Waals surface area (Å²) in [7, 11) is 0. The molecule has 0 aliphatic carbocycles. The normalized spacial score (nSPS) is 9.92. The van der Waals surface area contributed by atoms with Crippen molar-refractivity contribution in [1.82, 2.24) is 4.98 Å². The highest BCUT2D eigenvalue weighted by atomic mass is 32.1. The predicted molar refractivity (Wildman–Crippen MR) is 57.7 cm³/mol. The zero-order chi connectivity index (χ0) is 9.26. The minimum atomic E-state index is 0.880. The molecule has 0 fully saturated rings. The fourth-order valence-electron chi connectivity index (χ4n) is 1.44. The Labute approximate surface area is 81.3 Å². The van der Waals surface area contributed by atoms with E-state index >= 15 is 0 Å². The maximum Gasteiger partial charge on any atom is 0.0789 e. The molecule has 2 aromatic rings. The standard InChI is InChI=1S/C10H8N2S/c1-7-9(12-6-13)3-2-8-4-5-11-10(7)8/h2-5,11H,1H3. The second kappa shape index (κ2) is 3.13. The molecular formula is C10H8N2S. The molecular weight excluding hydrogens is 180 g/mol. The van der Waals surface area contributed by atoms with Crippen LogP contribution in [0.5, 0.6) is 0 Å². The third-order valence-electron chi connectivity index (χ3n) is 2.13. The van der Waals surface area contributed by atoms with Crippen molar-refractivity contribution in [3.05, 3.63) is 30.0 Å². The molecule has 0 spiro atoms. The molecule has 13 heavy (non-hydrogen) atoms. The SMILES string of the molecule is Cc1c(N=C=S)ccc2cc[nH]c12. The van der Waals surface area contributed by atoms with Crippen LogP contribution in [0.1, 0.15) is 5.56 Å². The molecule has 0 aliphatic heterocycles. The Kier molecular flexibility index (Phi) is 1.97. The summed E-state index contributed by atoms with van der Waals surface area (Å²) in [6, 6.07) is 6.00. The summed E-state index contributed by atoms with van der Waals surface area (Å²) in [5.41, 5.74) is 3.11. The Balaban J connectivity index is 2.80.